The van der Waals surface area contributed by atoms with Gasteiger partial charge < -0.3 is 19.9 Å². The lowest BCUT2D eigenvalue weighted by Crippen LogP contribution is -2.25. The second-order valence-corrected chi connectivity index (χ2v) is 10.0. The van der Waals surface area contributed by atoms with Crippen molar-refractivity contribution in [2.75, 3.05) is 25.6 Å². The molecular weight excluding hydrogens is 499 g/mol. The summed E-state index contributed by atoms with van der Waals surface area (Å²) in [5, 5.41) is 13.9. The Kier molecular flexibility index (Phi) is 6.02. The number of methoxy groups -OCH3 is 1. The number of benzene rings is 2. The van der Waals surface area contributed by atoms with E-state index in [9.17, 15) is 9.50 Å². The molecule has 6 rings (SSSR count). The highest BCUT2D eigenvalue weighted by molar-refractivity contribution is 5.86. The van der Waals surface area contributed by atoms with E-state index in [0.29, 0.717) is 65.3 Å². The molecule has 2 aromatic carbocycles. The zero-order valence-electron chi connectivity index (χ0n) is 21.8. The van der Waals surface area contributed by atoms with Crippen molar-refractivity contribution >= 4 is 17.0 Å². The first-order valence-corrected chi connectivity index (χ1v) is 12.6. The third-order valence-electron chi connectivity index (χ3n) is 6.76. The van der Waals surface area contributed by atoms with Gasteiger partial charge >= 0.3 is 0 Å². The van der Waals surface area contributed by atoms with Gasteiger partial charge in [0.1, 0.15) is 23.9 Å². The van der Waals surface area contributed by atoms with E-state index in [1.165, 1.54) is 12.3 Å². The summed E-state index contributed by atoms with van der Waals surface area (Å²) < 4.78 is 27.2. The number of para-hydroxylation sites is 1. The second-order valence-electron chi connectivity index (χ2n) is 10.0. The van der Waals surface area contributed by atoms with Gasteiger partial charge in [0.05, 0.1) is 18.8 Å². The fraction of sp³-hybridized carbons (Fsp3) is 0.241. The fourth-order valence-electron chi connectivity index (χ4n) is 4.82. The maximum Gasteiger partial charge on any atom is 0.299 e. The summed E-state index contributed by atoms with van der Waals surface area (Å²) in [6, 6.07) is 14.9. The molecule has 0 bridgehead atoms. The summed E-state index contributed by atoms with van der Waals surface area (Å²) in [4.78, 5) is 18.1. The van der Waals surface area contributed by atoms with Gasteiger partial charge in [-0.3, -0.25) is 9.55 Å². The maximum absolute atomic E-state index is 14.0. The molecule has 9 nitrogen and oxygen atoms in total. The van der Waals surface area contributed by atoms with Crippen molar-refractivity contribution in [2.24, 2.45) is 0 Å². The van der Waals surface area contributed by atoms with Crippen LogP contribution in [0, 0.1) is 5.82 Å². The average Bonchev–Trinajstić information content (AvgIpc) is 3.46. The highest BCUT2D eigenvalue weighted by Gasteiger charge is 2.36. The van der Waals surface area contributed by atoms with Gasteiger partial charge in [-0.2, -0.15) is 4.98 Å². The summed E-state index contributed by atoms with van der Waals surface area (Å²) in [5.41, 5.74) is 3.81. The topological polar surface area (TPSA) is 107 Å². The maximum atomic E-state index is 14.0. The normalized spacial score (nSPS) is 13.7. The first kappa shape index (κ1) is 24.6. The number of ether oxygens (including phenoxy) is 2. The minimum atomic E-state index is -0.467. The Balaban J connectivity index is 1.33. The van der Waals surface area contributed by atoms with E-state index in [1.807, 2.05) is 54.8 Å². The van der Waals surface area contributed by atoms with Crippen LogP contribution < -0.4 is 14.8 Å². The van der Waals surface area contributed by atoms with Gasteiger partial charge in [0.15, 0.2) is 22.8 Å². The first-order chi connectivity index (χ1) is 18.8. The summed E-state index contributed by atoms with van der Waals surface area (Å²) >= 11 is 0. The monoisotopic (exact) mass is 526 g/mol. The summed E-state index contributed by atoms with van der Waals surface area (Å²) in [6.07, 6.45) is 3.32. The summed E-state index contributed by atoms with van der Waals surface area (Å²) in [7, 11) is 1.61. The lowest BCUT2D eigenvalue weighted by molar-refractivity contribution is 0.268. The molecule has 4 heterocycles. The van der Waals surface area contributed by atoms with Crippen molar-refractivity contribution in [3.05, 3.63) is 72.3 Å². The van der Waals surface area contributed by atoms with Crippen LogP contribution in [0.4, 0.5) is 10.2 Å². The number of anilines is 1. The minimum absolute atomic E-state index is 0.178. The quantitative estimate of drug-likeness (QED) is 0.298. The van der Waals surface area contributed by atoms with Gasteiger partial charge in [-0.15, -0.1) is 0 Å². The van der Waals surface area contributed by atoms with Crippen LogP contribution in [-0.2, 0) is 12.0 Å². The zero-order chi connectivity index (χ0) is 27.1. The molecule has 1 aliphatic rings. The van der Waals surface area contributed by atoms with E-state index in [1.54, 1.807) is 13.2 Å². The predicted octanol–water partition coefficient (Wildman–Crippen LogP) is 5.19. The number of hydrogen-bond donors (Lipinski definition) is 2. The first-order valence-electron chi connectivity index (χ1n) is 12.6. The van der Waals surface area contributed by atoms with Gasteiger partial charge in [-0.25, -0.2) is 14.4 Å². The largest absolute Gasteiger partial charge is 0.507 e. The van der Waals surface area contributed by atoms with Gasteiger partial charge in [-0.05, 0) is 50.1 Å². The number of imidazole rings is 1. The molecule has 0 unspecified atom stereocenters. The van der Waals surface area contributed by atoms with Gasteiger partial charge in [0, 0.05) is 29.4 Å². The van der Waals surface area contributed by atoms with E-state index in [4.69, 9.17) is 14.5 Å². The van der Waals surface area contributed by atoms with Gasteiger partial charge in [0.2, 0.25) is 0 Å². The van der Waals surface area contributed by atoms with E-state index in [2.05, 4.69) is 20.3 Å². The molecule has 0 fully saturated rings. The minimum Gasteiger partial charge on any atom is -0.507 e. The lowest BCUT2D eigenvalue weighted by atomic mass is 10.00. The van der Waals surface area contributed by atoms with Gasteiger partial charge in [-0.1, -0.05) is 24.3 Å². The molecule has 10 heteroatoms. The molecule has 0 aliphatic carbocycles. The number of aromatic nitrogens is 5. The lowest BCUT2D eigenvalue weighted by Gasteiger charge is -2.18. The Morgan fingerprint density at radius 2 is 1.92 bits per heavy atom. The Morgan fingerprint density at radius 1 is 1.08 bits per heavy atom. The molecule has 0 amide bonds. The molecule has 5 aromatic rings. The van der Waals surface area contributed by atoms with Crippen LogP contribution in [0.25, 0.3) is 33.7 Å². The molecule has 0 saturated carbocycles. The van der Waals surface area contributed by atoms with Crippen LogP contribution in [0.3, 0.4) is 0 Å². The number of phenolic OH excluding ortho intramolecular Hbond substituents is 1. The molecule has 39 heavy (non-hydrogen) atoms. The van der Waals surface area contributed by atoms with Crippen LogP contribution in [0.1, 0.15) is 19.4 Å². The van der Waals surface area contributed by atoms with E-state index in [0.717, 1.165) is 17.3 Å². The number of fused-ring (bicyclic) bond motifs is 3. The number of halogens is 1. The van der Waals surface area contributed by atoms with Crippen LogP contribution >= 0.6 is 0 Å². The van der Waals surface area contributed by atoms with Crippen molar-refractivity contribution in [1.82, 2.24) is 24.5 Å². The summed E-state index contributed by atoms with van der Waals surface area (Å²) in [6.45, 7) is 5.10. The molecular formula is C29H27FN6O3. The molecule has 0 spiro atoms. The summed E-state index contributed by atoms with van der Waals surface area (Å²) in [5.74, 6) is 1.25. The molecule has 1 aliphatic heterocycles. The number of nitrogens with one attached hydrogen (secondary N) is 1. The predicted molar refractivity (Wildman–Crippen MR) is 146 cm³/mol. The number of pyridine rings is 1. The number of phenols is 1. The molecule has 198 valence electrons. The zero-order valence-corrected chi connectivity index (χ0v) is 21.8. The third kappa shape index (κ3) is 4.47. The average molecular weight is 527 g/mol. The fourth-order valence-corrected chi connectivity index (χ4v) is 4.82. The van der Waals surface area contributed by atoms with Crippen molar-refractivity contribution in [3.63, 3.8) is 0 Å². The Hall–Kier alpha value is -4.73. The highest BCUT2D eigenvalue weighted by atomic mass is 19.1. The van der Waals surface area contributed by atoms with Crippen molar-refractivity contribution in [2.45, 2.75) is 25.8 Å². The highest BCUT2D eigenvalue weighted by Crippen LogP contribution is 2.38. The molecule has 3 aromatic heterocycles. The van der Waals surface area contributed by atoms with Crippen molar-refractivity contribution in [1.29, 1.82) is 0 Å². The number of nitrogens with zero attached hydrogens (tertiary/aromatic N) is 5. The Labute approximate surface area is 224 Å². The number of rotatable bonds is 7. The van der Waals surface area contributed by atoms with Crippen molar-refractivity contribution < 1.29 is 19.0 Å². The van der Waals surface area contributed by atoms with Crippen LogP contribution in [0.5, 0.6) is 17.5 Å². The second kappa shape index (κ2) is 9.54. The van der Waals surface area contributed by atoms with E-state index < -0.39 is 5.82 Å². The Bertz CT molecular complexity index is 1700. The Morgan fingerprint density at radius 3 is 2.74 bits per heavy atom. The number of hydrogen-bond acceptors (Lipinski definition) is 8. The van der Waals surface area contributed by atoms with E-state index in [-0.39, 0.29) is 11.3 Å². The molecule has 0 saturated heterocycles. The SMILES string of the molecule is COc1ccccc1-c1cc(CCNc2nc(-c3cncc(F)c3)nc3c2nc2n3C(C)(C)CO2)ccc1O. The van der Waals surface area contributed by atoms with E-state index >= 15 is 0 Å². The van der Waals surface area contributed by atoms with Crippen LogP contribution in [0.2, 0.25) is 0 Å². The molecule has 0 atom stereocenters. The van der Waals surface area contributed by atoms with Crippen molar-refractivity contribution in [3.8, 4) is 40.0 Å². The van der Waals surface area contributed by atoms with Crippen LogP contribution in [-0.4, -0.2) is 49.9 Å². The van der Waals surface area contributed by atoms with Crippen LogP contribution in [0.15, 0.2) is 60.9 Å². The van der Waals surface area contributed by atoms with Gasteiger partial charge in [0.25, 0.3) is 6.01 Å². The third-order valence-corrected chi connectivity index (χ3v) is 6.76. The molecule has 2 N–H and O–H groups in total. The molecule has 0 radical (unpaired) electrons. The number of aromatic hydroxyl groups is 1. The smallest absolute Gasteiger partial charge is 0.299 e. The standard InChI is InChI=1S/C29H27FN6O3/c1-29(2)16-39-28-33-24-26(34-25(35-27(24)36(28)29)18-13-19(30)15-31-14-18)32-11-10-17-8-9-22(37)21(12-17)20-6-4-5-7-23(20)38-3/h4-9,12-15,37H,10-11,16H2,1-3H3,(H,32,34,35).